The van der Waals surface area contributed by atoms with E-state index in [1.165, 1.54) is 6.33 Å². The second-order valence-electron chi connectivity index (χ2n) is 4.50. The minimum Gasteiger partial charge on any atom is -0.467 e. The molecule has 0 unspecified atom stereocenters. The van der Waals surface area contributed by atoms with E-state index in [1.807, 2.05) is 12.1 Å². The molecule has 0 atom stereocenters. The number of carbonyl (C=O) groups excluding carboxylic acids is 1. The van der Waals surface area contributed by atoms with Crippen LogP contribution in [-0.4, -0.2) is 32.1 Å². The molecule has 3 rings (SSSR count). The number of imidazole rings is 1. The molecule has 0 fully saturated rings. The molecule has 0 saturated heterocycles. The molecule has 0 aromatic carbocycles. The fourth-order valence-electron chi connectivity index (χ4n) is 2.06. The van der Waals surface area contributed by atoms with Crippen LogP contribution in [0, 0.1) is 0 Å². The van der Waals surface area contributed by atoms with E-state index in [0.29, 0.717) is 30.1 Å². The fraction of sp³-hybridized carbons (Fsp3) is 0.286. The summed E-state index contributed by atoms with van der Waals surface area (Å²) in [7, 11) is 0. The summed E-state index contributed by atoms with van der Waals surface area (Å²) in [5, 5.41) is 3.14. The van der Waals surface area contributed by atoms with Crippen molar-refractivity contribution in [3.05, 3.63) is 36.8 Å². The Morgan fingerprint density at radius 2 is 2.32 bits per heavy atom. The number of aromatic nitrogens is 4. The number of esters is 1. The van der Waals surface area contributed by atoms with Crippen molar-refractivity contribution in [2.75, 3.05) is 11.9 Å². The average molecular weight is 301 g/mol. The molecule has 0 saturated carbocycles. The molecule has 0 spiro atoms. The Morgan fingerprint density at radius 3 is 3.09 bits per heavy atom. The molecule has 1 N–H and O–H groups in total. The van der Waals surface area contributed by atoms with Crippen molar-refractivity contribution >= 4 is 23.0 Å². The molecule has 0 aliphatic heterocycles. The standard InChI is InChI=1S/C14H15N5O3/c1-2-21-11(20)7-19-9-18-12-13(16-8-17-14(12)19)15-6-10-4-3-5-22-10/h3-5,8-9H,2,6-7H2,1H3,(H,15,16,17). The number of rotatable bonds is 6. The number of nitrogens with one attached hydrogen (secondary N) is 1. The first-order chi connectivity index (χ1) is 10.8. The van der Waals surface area contributed by atoms with Gasteiger partial charge < -0.3 is 19.0 Å². The Hall–Kier alpha value is -2.90. The summed E-state index contributed by atoms with van der Waals surface area (Å²) in [4.78, 5) is 24.2. The molecule has 3 aromatic rings. The van der Waals surface area contributed by atoms with Crippen molar-refractivity contribution in [2.24, 2.45) is 0 Å². The molecule has 3 aromatic heterocycles. The Kier molecular flexibility index (Phi) is 3.99. The summed E-state index contributed by atoms with van der Waals surface area (Å²) < 4.78 is 11.8. The first kappa shape index (κ1) is 14.1. The van der Waals surface area contributed by atoms with Gasteiger partial charge in [0.05, 0.1) is 25.7 Å². The van der Waals surface area contributed by atoms with Gasteiger partial charge in [0, 0.05) is 0 Å². The zero-order valence-electron chi connectivity index (χ0n) is 12.0. The van der Waals surface area contributed by atoms with E-state index in [2.05, 4.69) is 20.3 Å². The summed E-state index contributed by atoms with van der Waals surface area (Å²) >= 11 is 0. The van der Waals surface area contributed by atoms with Crippen molar-refractivity contribution < 1.29 is 13.9 Å². The van der Waals surface area contributed by atoms with Crippen LogP contribution in [0.25, 0.3) is 11.2 Å². The third kappa shape index (κ3) is 2.90. The van der Waals surface area contributed by atoms with Gasteiger partial charge in [0.2, 0.25) is 0 Å². The largest absolute Gasteiger partial charge is 0.467 e. The molecule has 22 heavy (non-hydrogen) atoms. The molecule has 114 valence electrons. The van der Waals surface area contributed by atoms with Crippen molar-refractivity contribution in [3.8, 4) is 0 Å². The lowest BCUT2D eigenvalue weighted by atomic mass is 10.4. The highest BCUT2D eigenvalue weighted by Crippen LogP contribution is 2.18. The lowest BCUT2D eigenvalue weighted by Gasteiger charge is -2.05. The monoisotopic (exact) mass is 301 g/mol. The number of furan rings is 1. The molecule has 0 amide bonds. The predicted octanol–water partition coefficient (Wildman–Crippen LogP) is 1.59. The minimum atomic E-state index is -0.328. The maximum Gasteiger partial charge on any atom is 0.326 e. The second-order valence-corrected chi connectivity index (χ2v) is 4.50. The normalized spacial score (nSPS) is 10.8. The topological polar surface area (TPSA) is 95.1 Å². The molecule has 8 nitrogen and oxygen atoms in total. The van der Waals surface area contributed by atoms with Gasteiger partial charge in [-0.05, 0) is 19.1 Å². The van der Waals surface area contributed by atoms with Gasteiger partial charge >= 0.3 is 5.97 Å². The van der Waals surface area contributed by atoms with E-state index in [4.69, 9.17) is 9.15 Å². The van der Waals surface area contributed by atoms with Gasteiger partial charge in [0.25, 0.3) is 0 Å². The molecule has 0 bridgehead atoms. The molecular formula is C14H15N5O3. The smallest absolute Gasteiger partial charge is 0.326 e. The van der Waals surface area contributed by atoms with Crippen LogP contribution in [0.2, 0.25) is 0 Å². The maximum absolute atomic E-state index is 11.6. The van der Waals surface area contributed by atoms with Gasteiger partial charge in [-0.3, -0.25) is 4.79 Å². The molecule has 0 aliphatic carbocycles. The zero-order chi connectivity index (χ0) is 15.4. The zero-order valence-corrected chi connectivity index (χ0v) is 12.0. The third-order valence-corrected chi connectivity index (χ3v) is 3.02. The van der Waals surface area contributed by atoms with Gasteiger partial charge in [0.15, 0.2) is 11.5 Å². The van der Waals surface area contributed by atoms with Crippen molar-refractivity contribution in [1.29, 1.82) is 0 Å². The number of ether oxygens (including phenoxy) is 1. The second kappa shape index (κ2) is 6.25. The molecule has 0 aliphatic rings. The van der Waals surface area contributed by atoms with Crippen LogP contribution in [0.5, 0.6) is 0 Å². The molecule has 0 radical (unpaired) electrons. The molecular weight excluding hydrogens is 286 g/mol. The summed E-state index contributed by atoms with van der Waals surface area (Å²) in [5.41, 5.74) is 1.17. The van der Waals surface area contributed by atoms with Gasteiger partial charge in [0.1, 0.15) is 24.1 Å². The summed E-state index contributed by atoms with van der Waals surface area (Å²) in [6.07, 6.45) is 4.59. The number of nitrogens with zero attached hydrogens (tertiary/aromatic N) is 4. The number of carbonyl (C=O) groups is 1. The van der Waals surface area contributed by atoms with Crippen LogP contribution < -0.4 is 5.32 Å². The first-order valence-corrected chi connectivity index (χ1v) is 6.85. The maximum atomic E-state index is 11.6. The van der Waals surface area contributed by atoms with E-state index in [9.17, 15) is 4.79 Å². The van der Waals surface area contributed by atoms with Crippen molar-refractivity contribution in [1.82, 2.24) is 19.5 Å². The van der Waals surface area contributed by atoms with E-state index in [-0.39, 0.29) is 12.5 Å². The minimum absolute atomic E-state index is 0.0684. The van der Waals surface area contributed by atoms with E-state index in [0.717, 1.165) is 5.76 Å². The lowest BCUT2D eigenvalue weighted by Crippen LogP contribution is -2.13. The number of anilines is 1. The van der Waals surface area contributed by atoms with Gasteiger partial charge in [-0.25, -0.2) is 15.0 Å². The van der Waals surface area contributed by atoms with Crippen LogP contribution in [0.3, 0.4) is 0 Å². The highest BCUT2D eigenvalue weighted by Gasteiger charge is 2.12. The van der Waals surface area contributed by atoms with Crippen LogP contribution in [-0.2, 0) is 22.6 Å². The Balaban J connectivity index is 1.80. The van der Waals surface area contributed by atoms with Crippen molar-refractivity contribution in [3.63, 3.8) is 0 Å². The van der Waals surface area contributed by atoms with Gasteiger partial charge in [-0.1, -0.05) is 0 Å². The number of hydrogen-bond donors (Lipinski definition) is 1. The number of fused-ring (bicyclic) bond motifs is 1. The summed E-state index contributed by atoms with van der Waals surface area (Å²) in [6, 6.07) is 3.69. The fourth-order valence-corrected chi connectivity index (χ4v) is 2.06. The van der Waals surface area contributed by atoms with E-state index >= 15 is 0 Å². The number of hydrogen-bond acceptors (Lipinski definition) is 7. The van der Waals surface area contributed by atoms with E-state index in [1.54, 1.807) is 24.1 Å². The Morgan fingerprint density at radius 1 is 1.41 bits per heavy atom. The first-order valence-electron chi connectivity index (χ1n) is 6.85. The Bertz CT molecular complexity index is 766. The van der Waals surface area contributed by atoms with E-state index < -0.39 is 0 Å². The third-order valence-electron chi connectivity index (χ3n) is 3.02. The lowest BCUT2D eigenvalue weighted by molar-refractivity contribution is -0.143. The SMILES string of the molecule is CCOC(=O)Cn1cnc2c(NCc3ccco3)ncnc21. The highest BCUT2D eigenvalue weighted by molar-refractivity contribution is 5.83. The predicted molar refractivity (Wildman–Crippen MR) is 78.0 cm³/mol. The average Bonchev–Trinajstić information content (AvgIpc) is 3.16. The van der Waals surface area contributed by atoms with Crippen LogP contribution >= 0.6 is 0 Å². The van der Waals surface area contributed by atoms with Crippen LogP contribution in [0.1, 0.15) is 12.7 Å². The summed E-state index contributed by atoms with van der Waals surface area (Å²) in [5.74, 6) is 1.05. The van der Waals surface area contributed by atoms with Crippen LogP contribution in [0.4, 0.5) is 5.82 Å². The quantitative estimate of drug-likeness (QED) is 0.691. The summed E-state index contributed by atoms with van der Waals surface area (Å²) in [6.45, 7) is 2.67. The van der Waals surface area contributed by atoms with Crippen LogP contribution in [0.15, 0.2) is 35.5 Å². The highest BCUT2D eigenvalue weighted by atomic mass is 16.5. The van der Waals surface area contributed by atoms with Crippen molar-refractivity contribution in [2.45, 2.75) is 20.0 Å². The van der Waals surface area contributed by atoms with Gasteiger partial charge in [-0.15, -0.1) is 0 Å². The Labute approximate surface area is 126 Å². The molecule has 8 heteroatoms. The van der Waals surface area contributed by atoms with Gasteiger partial charge in [-0.2, -0.15) is 0 Å². The molecule has 3 heterocycles.